The molecule has 0 amide bonds. The van der Waals surface area contributed by atoms with E-state index in [0.29, 0.717) is 11.8 Å². The SMILES string of the molecule is Cc1c(C=O)ccc(OC(F)F)c1C#N. The summed E-state index contributed by atoms with van der Waals surface area (Å²) in [6.45, 7) is -1.49. The summed E-state index contributed by atoms with van der Waals surface area (Å²) in [5.74, 6) is -0.212. The number of nitriles is 1. The zero-order chi connectivity index (χ0) is 11.4. The van der Waals surface area contributed by atoms with Gasteiger partial charge in [-0.05, 0) is 24.6 Å². The monoisotopic (exact) mass is 211 g/mol. The smallest absolute Gasteiger partial charge is 0.387 e. The highest BCUT2D eigenvalue weighted by Gasteiger charge is 2.13. The van der Waals surface area contributed by atoms with Crippen molar-refractivity contribution < 1.29 is 18.3 Å². The second-order valence-electron chi connectivity index (χ2n) is 2.76. The Kier molecular flexibility index (Phi) is 3.34. The first-order valence-electron chi connectivity index (χ1n) is 4.03. The molecule has 0 saturated heterocycles. The van der Waals surface area contributed by atoms with Crippen LogP contribution in [0.5, 0.6) is 5.75 Å². The topological polar surface area (TPSA) is 50.1 Å². The van der Waals surface area contributed by atoms with E-state index >= 15 is 0 Å². The minimum atomic E-state index is -2.99. The molecular weight excluding hydrogens is 204 g/mol. The van der Waals surface area contributed by atoms with Crippen LogP contribution in [-0.4, -0.2) is 12.9 Å². The Morgan fingerprint density at radius 1 is 1.53 bits per heavy atom. The normalized spacial score (nSPS) is 9.80. The van der Waals surface area contributed by atoms with E-state index in [1.165, 1.54) is 19.1 Å². The number of hydrogen-bond acceptors (Lipinski definition) is 3. The maximum Gasteiger partial charge on any atom is 0.387 e. The van der Waals surface area contributed by atoms with Crippen LogP contribution in [0.15, 0.2) is 12.1 Å². The summed E-state index contributed by atoms with van der Waals surface area (Å²) < 4.78 is 28.0. The van der Waals surface area contributed by atoms with Crippen LogP contribution in [0.4, 0.5) is 8.78 Å². The lowest BCUT2D eigenvalue weighted by Crippen LogP contribution is -2.05. The fourth-order valence-electron chi connectivity index (χ4n) is 1.16. The number of carbonyl (C=O) groups excluding carboxylic acids is 1. The van der Waals surface area contributed by atoms with Gasteiger partial charge in [-0.2, -0.15) is 14.0 Å². The Bertz CT molecular complexity index is 424. The van der Waals surface area contributed by atoms with Gasteiger partial charge >= 0.3 is 6.61 Å². The molecular formula is C10H7F2NO2. The molecule has 3 nitrogen and oxygen atoms in total. The van der Waals surface area contributed by atoms with Gasteiger partial charge in [-0.3, -0.25) is 4.79 Å². The van der Waals surface area contributed by atoms with Gasteiger partial charge in [-0.15, -0.1) is 0 Å². The van der Waals surface area contributed by atoms with Crippen LogP contribution in [0.25, 0.3) is 0 Å². The number of halogens is 2. The number of benzene rings is 1. The van der Waals surface area contributed by atoms with Crippen LogP contribution in [0, 0.1) is 18.3 Å². The van der Waals surface area contributed by atoms with Gasteiger partial charge in [0.2, 0.25) is 0 Å². The molecule has 1 rings (SSSR count). The van der Waals surface area contributed by atoms with E-state index in [0.717, 1.165) is 0 Å². The van der Waals surface area contributed by atoms with Crippen LogP contribution in [0.1, 0.15) is 21.5 Å². The highest BCUT2D eigenvalue weighted by molar-refractivity contribution is 5.79. The fraction of sp³-hybridized carbons (Fsp3) is 0.200. The standard InChI is InChI=1S/C10H7F2NO2/c1-6-7(5-14)2-3-9(8(6)4-13)15-10(11)12/h2-3,5,10H,1H3. The van der Waals surface area contributed by atoms with Crippen molar-refractivity contribution in [3.05, 3.63) is 28.8 Å². The molecule has 5 heteroatoms. The minimum Gasteiger partial charge on any atom is -0.433 e. The van der Waals surface area contributed by atoms with Crippen molar-refractivity contribution in [2.45, 2.75) is 13.5 Å². The van der Waals surface area contributed by atoms with Crippen LogP contribution in [-0.2, 0) is 0 Å². The molecule has 78 valence electrons. The van der Waals surface area contributed by atoms with Gasteiger partial charge in [0.1, 0.15) is 18.1 Å². The summed E-state index contributed by atoms with van der Waals surface area (Å²) in [5, 5.41) is 8.74. The van der Waals surface area contributed by atoms with Crippen molar-refractivity contribution in [2.75, 3.05) is 0 Å². The zero-order valence-electron chi connectivity index (χ0n) is 7.83. The number of nitrogens with zero attached hydrogens (tertiary/aromatic N) is 1. The average Bonchev–Trinajstić information content (AvgIpc) is 2.18. The second-order valence-corrected chi connectivity index (χ2v) is 2.76. The molecule has 1 aromatic carbocycles. The molecule has 0 aliphatic heterocycles. The Morgan fingerprint density at radius 3 is 2.67 bits per heavy atom. The average molecular weight is 211 g/mol. The van der Waals surface area contributed by atoms with Gasteiger partial charge in [0.05, 0.1) is 5.56 Å². The molecule has 0 spiro atoms. The zero-order valence-corrected chi connectivity index (χ0v) is 7.83. The lowest BCUT2D eigenvalue weighted by molar-refractivity contribution is -0.0500. The van der Waals surface area contributed by atoms with E-state index in [9.17, 15) is 13.6 Å². The van der Waals surface area contributed by atoms with E-state index in [4.69, 9.17) is 5.26 Å². The van der Waals surface area contributed by atoms with E-state index in [-0.39, 0.29) is 16.9 Å². The van der Waals surface area contributed by atoms with E-state index in [2.05, 4.69) is 4.74 Å². The van der Waals surface area contributed by atoms with Crippen molar-refractivity contribution in [2.24, 2.45) is 0 Å². The third kappa shape index (κ3) is 2.29. The maximum absolute atomic E-state index is 11.9. The Morgan fingerprint density at radius 2 is 2.20 bits per heavy atom. The molecule has 0 N–H and O–H groups in total. The first-order valence-corrected chi connectivity index (χ1v) is 4.03. The number of hydrogen-bond donors (Lipinski definition) is 0. The third-order valence-electron chi connectivity index (χ3n) is 1.92. The molecule has 0 radical (unpaired) electrons. The van der Waals surface area contributed by atoms with Crippen LogP contribution in [0.2, 0.25) is 0 Å². The van der Waals surface area contributed by atoms with E-state index < -0.39 is 6.61 Å². The quantitative estimate of drug-likeness (QED) is 0.720. The molecule has 1 aromatic rings. The van der Waals surface area contributed by atoms with Crippen LogP contribution < -0.4 is 4.74 Å². The number of ether oxygens (including phenoxy) is 1. The molecule has 15 heavy (non-hydrogen) atoms. The fourth-order valence-corrected chi connectivity index (χ4v) is 1.16. The number of aldehydes is 1. The summed E-state index contributed by atoms with van der Waals surface area (Å²) in [6.07, 6.45) is 0.558. The van der Waals surface area contributed by atoms with Gasteiger partial charge in [0, 0.05) is 5.56 Å². The predicted molar refractivity (Wildman–Crippen MR) is 47.9 cm³/mol. The van der Waals surface area contributed by atoms with Crippen molar-refractivity contribution >= 4 is 6.29 Å². The highest BCUT2D eigenvalue weighted by atomic mass is 19.3. The third-order valence-corrected chi connectivity index (χ3v) is 1.92. The summed E-state index contributed by atoms with van der Waals surface area (Å²) in [5.41, 5.74) is 0.582. The summed E-state index contributed by atoms with van der Waals surface area (Å²) >= 11 is 0. The summed E-state index contributed by atoms with van der Waals surface area (Å²) in [6, 6.07) is 4.24. The first kappa shape index (κ1) is 11.1. The number of alkyl halides is 2. The van der Waals surface area contributed by atoms with Gasteiger partial charge in [-0.1, -0.05) is 0 Å². The minimum absolute atomic E-state index is 0.0418. The first-order chi connectivity index (χ1) is 7.10. The van der Waals surface area contributed by atoms with Gasteiger partial charge in [0.15, 0.2) is 0 Å². The largest absolute Gasteiger partial charge is 0.433 e. The molecule has 0 aliphatic carbocycles. The Hall–Kier alpha value is -1.96. The van der Waals surface area contributed by atoms with Crippen LogP contribution in [0.3, 0.4) is 0 Å². The van der Waals surface area contributed by atoms with Gasteiger partial charge < -0.3 is 4.74 Å². The van der Waals surface area contributed by atoms with E-state index in [1.807, 2.05) is 0 Å². The van der Waals surface area contributed by atoms with Crippen molar-refractivity contribution in [1.82, 2.24) is 0 Å². The van der Waals surface area contributed by atoms with Crippen molar-refractivity contribution in [1.29, 1.82) is 5.26 Å². The van der Waals surface area contributed by atoms with Crippen molar-refractivity contribution in [3.63, 3.8) is 0 Å². The number of carbonyl (C=O) groups is 1. The highest BCUT2D eigenvalue weighted by Crippen LogP contribution is 2.25. The molecule has 0 fully saturated rings. The molecule has 0 atom stereocenters. The molecule has 0 bridgehead atoms. The second kappa shape index (κ2) is 4.51. The van der Waals surface area contributed by atoms with Gasteiger partial charge in [-0.25, -0.2) is 0 Å². The Labute approximate surface area is 84.9 Å². The van der Waals surface area contributed by atoms with Crippen LogP contribution >= 0.6 is 0 Å². The van der Waals surface area contributed by atoms with Crippen molar-refractivity contribution in [3.8, 4) is 11.8 Å². The Balaban J connectivity index is 3.26. The van der Waals surface area contributed by atoms with Gasteiger partial charge in [0.25, 0.3) is 0 Å². The molecule has 0 unspecified atom stereocenters. The number of rotatable bonds is 3. The molecule has 0 aromatic heterocycles. The maximum atomic E-state index is 11.9. The summed E-state index contributed by atoms with van der Waals surface area (Å²) in [7, 11) is 0. The summed E-state index contributed by atoms with van der Waals surface area (Å²) in [4.78, 5) is 10.5. The predicted octanol–water partition coefficient (Wildman–Crippen LogP) is 2.28. The lowest BCUT2D eigenvalue weighted by atomic mass is 10.0. The molecule has 0 saturated carbocycles. The van der Waals surface area contributed by atoms with E-state index in [1.54, 1.807) is 6.07 Å². The molecule has 0 heterocycles. The molecule has 0 aliphatic rings. The lowest BCUT2D eigenvalue weighted by Gasteiger charge is -2.09.